The van der Waals surface area contributed by atoms with Crippen LogP contribution in [0.5, 0.6) is 0 Å². The minimum atomic E-state index is -0.386. The summed E-state index contributed by atoms with van der Waals surface area (Å²) >= 11 is 0. The predicted molar refractivity (Wildman–Crippen MR) is 84.5 cm³/mol. The molecule has 4 fully saturated rings. The molecule has 3 saturated carbocycles. The molecule has 23 heavy (non-hydrogen) atoms. The number of esters is 2. The van der Waals surface area contributed by atoms with Crippen LogP contribution in [0.4, 0.5) is 0 Å². The van der Waals surface area contributed by atoms with E-state index >= 15 is 0 Å². The SMILES string of the molecule is COC(=O)[C@]1(C)CCC[C@]2(C)[C@H]1CC[C@@]13C[C@H](CC[C@@H]12)C(=O)O3. The molecule has 128 valence electrons. The quantitative estimate of drug-likeness (QED) is 0.694. The Morgan fingerprint density at radius 1 is 1.13 bits per heavy atom. The highest BCUT2D eigenvalue weighted by molar-refractivity contribution is 5.77. The minimum absolute atomic E-state index is 0.0288. The fraction of sp³-hybridized carbons (Fsp3) is 0.895. The van der Waals surface area contributed by atoms with E-state index in [-0.39, 0.29) is 34.3 Å². The second-order valence-corrected chi connectivity index (χ2v) is 8.88. The molecular weight excluding hydrogens is 292 g/mol. The monoisotopic (exact) mass is 320 g/mol. The first-order valence-electron chi connectivity index (χ1n) is 9.17. The lowest BCUT2D eigenvalue weighted by Gasteiger charge is -2.62. The number of ether oxygens (including phenoxy) is 2. The van der Waals surface area contributed by atoms with Gasteiger partial charge in [-0.05, 0) is 56.8 Å². The Morgan fingerprint density at radius 3 is 2.65 bits per heavy atom. The summed E-state index contributed by atoms with van der Waals surface area (Å²) < 4.78 is 11.2. The molecule has 0 aromatic heterocycles. The predicted octanol–water partition coefficient (Wildman–Crippen LogP) is 3.48. The highest BCUT2D eigenvalue weighted by Gasteiger charge is 2.67. The molecule has 4 heteroatoms. The van der Waals surface area contributed by atoms with Crippen molar-refractivity contribution in [2.75, 3.05) is 7.11 Å². The van der Waals surface area contributed by atoms with E-state index in [9.17, 15) is 9.59 Å². The Bertz CT molecular complexity index is 558. The van der Waals surface area contributed by atoms with Crippen LogP contribution < -0.4 is 0 Å². The van der Waals surface area contributed by atoms with E-state index in [0.717, 1.165) is 51.4 Å². The molecule has 0 amide bonds. The van der Waals surface area contributed by atoms with E-state index in [1.807, 2.05) is 0 Å². The number of hydrogen-bond donors (Lipinski definition) is 0. The number of rotatable bonds is 1. The molecule has 4 nitrogen and oxygen atoms in total. The summed E-state index contributed by atoms with van der Waals surface area (Å²) in [6.45, 7) is 4.46. The Kier molecular flexibility index (Phi) is 3.18. The van der Waals surface area contributed by atoms with Gasteiger partial charge in [-0.2, -0.15) is 0 Å². The Hall–Kier alpha value is -1.06. The summed E-state index contributed by atoms with van der Waals surface area (Å²) in [6.07, 6.45) is 7.95. The van der Waals surface area contributed by atoms with Gasteiger partial charge in [-0.15, -0.1) is 0 Å². The lowest BCUT2D eigenvalue weighted by Crippen LogP contribution is -2.61. The third-order valence-electron chi connectivity index (χ3n) is 7.95. The van der Waals surface area contributed by atoms with Gasteiger partial charge >= 0.3 is 11.9 Å². The van der Waals surface area contributed by atoms with Crippen LogP contribution in [0.25, 0.3) is 0 Å². The molecule has 3 aliphatic carbocycles. The van der Waals surface area contributed by atoms with Crippen LogP contribution in [0, 0.1) is 28.6 Å². The van der Waals surface area contributed by atoms with Gasteiger partial charge in [-0.3, -0.25) is 9.59 Å². The van der Waals surface area contributed by atoms with Gasteiger partial charge in [0.05, 0.1) is 18.4 Å². The molecule has 0 radical (unpaired) electrons. The van der Waals surface area contributed by atoms with Crippen LogP contribution in [-0.4, -0.2) is 24.6 Å². The van der Waals surface area contributed by atoms with E-state index in [0.29, 0.717) is 11.8 Å². The summed E-state index contributed by atoms with van der Waals surface area (Å²) in [5, 5.41) is 0. The van der Waals surface area contributed by atoms with Gasteiger partial charge in [0, 0.05) is 12.3 Å². The molecule has 2 bridgehead atoms. The number of hydrogen-bond acceptors (Lipinski definition) is 4. The Balaban J connectivity index is 1.73. The van der Waals surface area contributed by atoms with E-state index < -0.39 is 0 Å². The molecule has 1 saturated heterocycles. The summed E-state index contributed by atoms with van der Waals surface area (Å²) in [7, 11) is 1.51. The Labute approximate surface area is 138 Å². The molecule has 1 heterocycles. The number of fused-ring (bicyclic) bond motifs is 3. The maximum absolute atomic E-state index is 12.5. The van der Waals surface area contributed by atoms with Crippen LogP contribution in [0.3, 0.4) is 0 Å². The fourth-order valence-corrected chi connectivity index (χ4v) is 6.99. The summed E-state index contributed by atoms with van der Waals surface area (Å²) in [4.78, 5) is 24.7. The van der Waals surface area contributed by atoms with Gasteiger partial charge in [-0.1, -0.05) is 13.3 Å². The molecule has 0 aromatic carbocycles. The van der Waals surface area contributed by atoms with Gasteiger partial charge in [0.25, 0.3) is 0 Å². The van der Waals surface area contributed by atoms with Gasteiger partial charge < -0.3 is 9.47 Å². The smallest absolute Gasteiger partial charge is 0.311 e. The van der Waals surface area contributed by atoms with Crippen molar-refractivity contribution in [1.29, 1.82) is 0 Å². The molecule has 0 N–H and O–H groups in total. The topological polar surface area (TPSA) is 52.6 Å². The number of carbonyl (C=O) groups is 2. The molecule has 4 aliphatic rings. The average Bonchev–Trinajstić information content (AvgIpc) is 2.75. The molecule has 4 rings (SSSR count). The third kappa shape index (κ3) is 1.84. The van der Waals surface area contributed by atoms with Gasteiger partial charge in [-0.25, -0.2) is 0 Å². The highest BCUT2D eigenvalue weighted by Crippen LogP contribution is 2.67. The van der Waals surface area contributed by atoms with Crippen molar-refractivity contribution in [3.63, 3.8) is 0 Å². The molecule has 0 aromatic rings. The van der Waals surface area contributed by atoms with Crippen LogP contribution in [0.2, 0.25) is 0 Å². The van der Waals surface area contributed by atoms with Gasteiger partial charge in [0.1, 0.15) is 5.60 Å². The first-order valence-corrected chi connectivity index (χ1v) is 9.17. The lowest BCUT2D eigenvalue weighted by atomic mass is 9.43. The molecule has 0 unspecified atom stereocenters. The zero-order chi connectivity index (χ0) is 16.5. The van der Waals surface area contributed by atoms with E-state index in [1.165, 1.54) is 7.11 Å². The second kappa shape index (κ2) is 4.73. The molecule has 1 aliphatic heterocycles. The van der Waals surface area contributed by atoms with Crippen LogP contribution >= 0.6 is 0 Å². The van der Waals surface area contributed by atoms with E-state index in [2.05, 4.69) is 13.8 Å². The van der Waals surface area contributed by atoms with Crippen molar-refractivity contribution < 1.29 is 19.1 Å². The van der Waals surface area contributed by atoms with Crippen LogP contribution in [0.15, 0.2) is 0 Å². The summed E-state index contributed by atoms with van der Waals surface area (Å²) in [5.74, 6) is 0.841. The maximum Gasteiger partial charge on any atom is 0.311 e. The summed E-state index contributed by atoms with van der Waals surface area (Å²) in [5.41, 5.74) is -0.544. The largest absolute Gasteiger partial charge is 0.469 e. The number of carbonyl (C=O) groups excluding carboxylic acids is 2. The van der Waals surface area contributed by atoms with Crippen molar-refractivity contribution in [3.8, 4) is 0 Å². The lowest BCUT2D eigenvalue weighted by molar-refractivity contribution is -0.202. The van der Waals surface area contributed by atoms with Crippen molar-refractivity contribution in [2.45, 2.75) is 70.8 Å². The van der Waals surface area contributed by atoms with Gasteiger partial charge in [0.2, 0.25) is 0 Å². The molecular formula is C19H28O4. The standard InChI is InChI=1S/C19H28O4/c1-17-8-4-9-18(2,16(21)22-3)13(17)7-10-19-11-12(15(20)23-19)5-6-14(17)19/h12-14H,4-11H2,1-3H3/t12-,13+,14+,17+,18+,19+/m0/s1. The van der Waals surface area contributed by atoms with Crippen molar-refractivity contribution in [3.05, 3.63) is 0 Å². The third-order valence-corrected chi connectivity index (χ3v) is 7.95. The normalized spacial score (nSPS) is 51.4. The van der Waals surface area contributed by atoms with Crippen molar-refractivity contribution >= 4 is 11.9 Å². The second-order valence-electron chi connectivity index (χ2n) is 8.88. The number of methoxy groups -OCH3 is 1. The first kappa shape index (κ1) is 15.5. The average molecular weight is 320 g/mol. The Morgan fingerprint density at radius 2 is 1.91 bits per heavy atom. The summed E-state index contributed by atoms with van der Waals surface area (Å²) in [6, 6.07) is 0. The van der Waals surface area contributed by atoms with Crippen molar-refractivity contribution in [2.24, 2.45) is 28.6 Å². The van der Waals surface area contributed by atoms with Crippen LogP contribution in [0.1, 0.15) is 65.2 Å². The van der Waals surface area contributed by atoms with E-state index in [4.69, 9.17) is 9.47 Å². The minimum Gasteiger partial charge on any atom is -0.469 e. The molecule has 6 atom stereocenters. The van der Waals surface area contributed by atoms with E-state index in [1.54, 1.807) is 0 Å². The van der Waals surface area contributed by atoms with Gasteiger partial charge in [0.15, 0.2) is 0 Å². The zero-order valence-corrected chi connectivity index (χ0v) is 14.5. The van der Waals surface area contributed by atoms with Crippen molar-refractivity contribution in [1.82, 2.24) is 0 Å². The first-order chi connectivity index (χ1) is 10.9. The molecule has 1 spiro atoms. The maximum atomic E-state index is 12.5. The highest BCUT2D eigenvalue weighted by atomic mass is 16.6. The fourth-order valence-electron chi connectivity index (χ4n) is 6.99. The van der Waals surface area contributed by atoms with Crippen LogP contribution in [-0.2, 0) is 19.1 Å². The zero-order valence-electron chi connectivity index (χ0n) is 14.5.